The molecule has 1 saturated carbocycles. The first-order chi connectivity index (χ1) is 13.7. The average molecular weight is 425 g/mol. The summed E-state index contributed by atoms with van der Waals surface area (Å²) in [6, 6.07) is 1.92. The minimum atomic E-state index is -4.34. The lowest BCUT2D eigenvalue weighted by atomic mass is 9.99. The van der Waals surface area contributed by atoms with Crippen molar-refractivity contribution in [3.05, 3.63) is 30.2 Å². The number of anilines is 1. The van der Waals surface area contributed by atoms with Crippen molar-refractivity contribution in [3.8, 4) is 10.4 Å². The molecule has 1 atom stereocenters. The molecule has 0 unspecified atom stereocenters. The maximum absolute atomic E-state index is 13.4. The van der Waals surface area contributed by atoms with Gasteiger partial charge in [-0.3, -0.25) is 15.1 Å². The molecule has 0 spiro atoms. The number of rotatable bonds is 4. The van der Waals surface area contributed by atoms with Crippen molar-refractivity contribution in [2.75, 3.05) is 11.9 Å². The molecule has 3 heterocycles. The molecule has 2 aromatic heterocycles. The topological polar surface area (TPSA) is 101 Å². The van der Waals surface area contributed by atoms with Crippen LogP contribution in [0.25, 0.3) is 10.4 Å². The van der Waals surface area contributed by atoms with Gasteiger partial charge >= 0.3 is 12.2 Å². The van der Waals surface area contributed by atoms with Gasteiger partial charge in [0.15, 0.2) is 5.13 Å². The normalized spacial score (nSPS) is 20.5. The first kappa shape index (κ1) is 19.6. The summed E-state index contributed by atoms with van der Waals surface area (Å²) in [5.41, 5.74) is 4.03. The molecule has 4 rings (SSSR count). The van der Waals surface area contributed by atoms with Gasteiger partial charge in [-0.15, -0.1) is 0 Å². The van der Waals surface area contributed by atoms with Crippen LogP contribution in [0.5, 0.6) is 0 Å². The molecule has 11 heteroatoms. The fourth-order valence-electron chi connectivity index (χ4n) is 3.59. The Labute approximate surface area is 168 Å². The summed E-state index contributed by atoms with van der Waals surface area (Å²) in [5.74, 6) is -0.555. The number of aromatic nitrogens is 2. The van der Waals surface area contributed by atoms with E-state index in [0.29, 0.717) is 29.8 Å². The predicted molar refractivity (Wildman–Crippen MR) is 100 cm³/mol. The van der Waals surface area contributed by atoms with Crippen molar-refractivity contribution >= 4 is 28.4 Å². The van der Waals surface area contributed by atoms with E-state index in [1.54, 1.807) is 6.07 Å². The van der Waals surface area contributed by atoms with Crippen molar-refractivity contribution in [2.24, 2.45) is 5.73 Å². The van der Waals surface area contributed by atoms with Crippen LogP contribution in [0.2, 0.25) is 0 Å². The van der Waals surface area contributed by atoms with Crippen LogP contribution in [0.1, 0.15) is 31.4 Å². The SMILES string of the molecule is NC(=O)[C@@H]1CCCN1C(=O)Nc1ncc(-c2ccnc(C3(C(F)(F)F)CC3)c2)s1. The summed E-state index contributed by atoms with van der Waals surface area (Å²) >= 11 is 1.14. The molecule has 29 heavy (non-hydrogen) atoms. The van der Waals surface area contributed by atoms with E-state index in [1.165, 1.54) is 23.4 Å². The fraction of sp³-hybridized carbons (Fsp3) is 0.444. The predicted octanol–water partition coefficient (Wildman–Crippen LogP) is 3.28. The van der Waals surface area contributed by atoms with Gasteiger partial charge in [0.25, 0.3) is 0 Å². The van der Waals surface area contributed by atoms with E-state index < -0.39 is 29.6 Å². The van der Waals surface area contributed by atoms with Crippen molar-refractivity contribution in [2.45, 2.75) is 43.3 Å². The lowest BCUT2D eigenvalue weighted by Gasteiger charge is -2.21. The highest BCUT2D eigenvalue weighted by molar-refractivity contribution is 7.19. The van der Waals surface area contributed by atoms with Crippen molar-refractivity contribution < 1.29 is 22.8 Å². The summed E-state index contributed by atoms with van der Waals surface area (Å²) in [6.45, 7) is 0.422. The van der Waals surface area contributed by atoms with Crippen LogP contribution in [0.4, 0.5) is 23.1 Å². The maximum atomic E-state index is 13.4. The highest BCUT2D eigenvalue weighted by Gasteiger charge is 2.65. The van der Waals surface area contributed by atoms with Gasteiger partial charge in [0.2, 0.25) is 5.91 Å². The largest absolute Gasteiger partial charge is 0.399 e. The molecule has 1 saturated heterocycles. The van der Waals surface area contributed by atoms with Crippen molar-refractivity contribution in [3.63, 3.8) is 0 Å². The lowest BCUT2D eigenvalue weighted by molar-refractivity contribution is -0.161. The molecule has 0 radical (unpaired) electrons. The van der Waals surface area contributed by atoms with Crippen LogP contribution >= 0.6 is 11.3 Å². The molecule has 154 valence electrons. The summed E-state index contributed by atoms with van der Waals surface area (Å²) < 4.78 is 40.1. The third kappa shape index (κ3) is 3.54. The Balaban J connectivity index is 1.51. The van der Waals surface area contributed by atoms with E-state index in [-0.39, 0.29) is 23.7 Å². The Kier molecular flexibility index (Phi) is 4.72. The molecular weight excluding hydrogens is 407 g/mol. The summed E-state index contributed by atoms with van der Waals surface area (Å²) in [5, 5.41) is 2.92. The minimum Gasteiger partial charge on any atom is -0.368 e. The van der Waals surface area contributed by atoms with Crippen molar-refractivity contribution in [1.82, 2.24) is 14.9 Å². The summed E-state index contributed by atoms with van der Waals surface area (Å²) in [6.07, 6.45) is -0.213. The standard InChI is InChI=1S/C18H18F3N5O2S/c19-18(20,21)17(4-5-17)13-8-10(3-6-23-13)12-9-24-15(29-12)25-16(28)26-7-1-2-11(26)14(22)27/h3,6,8-9,11H,1-2,4-5,7H2,(H2,22,27)(H,24,25,28)/t11-/m0/s1. The smallest absolute Gasteiger partial charge is 0.368 e. The zero-order chi connectivity index (χ0) is 20.8. The Hall–Kier alpha value is -2.69. The molecule has 2 aromatic rings. The second kappa shape index (κ2) is 6.97. The van der Waals surface area contributed by atoms with Crippen LogP contribution in [0, 0.1) is 0 Å². The highest BCUT2D eigenvalue weighted by atomic mass is 32.1. The molecule has 1 aliphatic carbocycles. The van der Waals surface area contributed by atoms with Crippen LogP contribution in [-0.2, 0) is 10.2 Å². The number of carbonyl (C=O) groups is 2. The Bertz CT molecular complexity index is 957. The fourth-order valence-corrected chi connectivity index (χ4v) is 4.39. The molecule has 3 N–H and O–H groups in total. The summed E-state index contributed by atoms with van der Waals surface area (Å²) in [4.78, 5) is 33.9. The number of hydrogen-bond acceptors (Lipinski definition) is 5. The van der Waals surface area contributed by atoms with E-state index in [1.807, 2.05) is 0 Å². The number of hydrogen-bond donors (Lipinski definition) is 2. The maximum Gasteiger partial charge on any atom is 0.399 e. The Morgan fingerprint density at radius 1 is 1.31 bits per heavy atom. The number of amides is 3. The van der Waals surface area contributed by atoms with Crippen molar-refractivity contribution in [1.29, 1.82) is 0 Å². The van der Waals surface area contributed by atoms with Gasteiger partial charge in [-0.1, -0.05) is 11.3 Å². The Morgan fingerprint density at radius 2 is 2.07 bits per heavy atom. The monoisotopic (exact) mass is 425 g/mol. The molecule has 2 fully saturated rings. The van der Waals surface area contributed by atoms with Gasteiger partial charge in [0, 0.05) is 18.9 Å². The second-order valence-electron chi connectivity index (χ2n) is 7.22. The van der Waals surface area contributed by atoms with E-state index in [2.05, 4.69) is 15.3 Å². The molecular formula is C18H18F3N5O2S. The third-order valence-corrected chi connectivity index (χ3v) is 6.35. The number of alkyl halides is 3. The number of pyridine rings is 1. The van der Waals surface area contributed by atoms with Gasteiger partial charge in [-0.05, 0) is 43.4 Å². The van der Waals surface area contributed by atoms with E-state index in [4.69, 9.17) is 5.73 Å². The number of nitrogens with one attached hydrogen (secondary N) is 1. The van der Waals surface area contributed by atoms with Gasteiger partial charge < -0.3 is 10.6 Å². The van der Waals surface area contributed by atoms with Crippen LogP contribution < -0.4 is 11.1 Å². The molecule has 3 amide bonds. The zero-order valence-electron chi connectivity index (χ0n) is 15.2. The van der Waals surface area contributed by atoms with E-state index in [9.17, 15) is 22.8 Å². The molecule has 1 aliphatic heterocycles. The number of nitrogens with two attached hydrogens (primary N) is 1. The van der Waals surface area contributed by atoms with Gasteiger partial charge in [0.05, 0.1) is 10.6 Å². The number of nitrogens with zero attached hydrogens (tertiary/aromatic N) is 3. The average Bonchev–Trinajstić information content (AvgIpc) is 3.12. The zero-order valence-corrected chi connectivity index (χ0v) is 16.0. The first-order valence-electron chi connectivity index (χ1n) is 9.08. The number of urea groups is 1. The lowest BCUT2D eigenvalue weighted by Crippen LogP contribution is -2.45. The van der Waals surface area contributed by atoms with Crippen LogP contribution in [-0.4, -0.2) is 45.6 Å². The number of carbonyl (C=O) groups excluding carboxylic acids is 2. The number of halogens is 3. The quantitative estimate of drug-likeness (QED) is 0.785. The second-order valence-corrected chi connectivity index (χ2v) is 8.25. The van der Waals surface area contributed by atoms with Gasteiger partial charge in [0.1, 0.15) is 11.5 Å². The molecule has 2 aliphatic rings. The number of primary amides is 1. The minimum absolute atomic E-state index is 0.00264. The summed E-state index contributed by atoms with van der Waals surface area (Å²) in [7, 11) is 0. The van der Waals surface area contributed by atoms with E-state index >= 15 is 0 Å². The molecule has 0 aromatic carbocycles. The first-order valence-corrected chi connectivity index (χ1v) is 9.89. The van der Waals surface area contributed by atoms with Crippen LogP contribution in [0.15, 0.2) is 24.5 Å². The van der Waals surface area contributed by atoms with Gasteiger partial charge in [-0.25, -0.2) is 9.78 Å². The third-order valence-electron chi connectivity index (χ3n) is 5.39. The number of thiazole rings is 1. The molecule has 0 bridgehead atoms. The molecule has 7 nitrogen and oxygen atoms in total. The number of likely N-dealkylation sites (tertiary alicyclic amines) is 1. The van der Waals surface area contributed by atoms with Crippen LogP contribution in [0.3, 0.4) is 0 Å². The van der Waals surface area contributed by atoms with E-state index in [0.717, 1.165) is 11.3 Å². The van der Waals surface area contributed by atoms with Gasteiger partial charge in [-0.2, -0.15) is 13.2 Å². The highest BCUT2D eigenvalue weighted by Crippen LogP contribution is 2.58. The Morgan fingerprint density at radius 3 is 2.72 bits per heavy atom.